The molecule has 1 saturated carbocycles. The second-order valence-electron chi connectivity index (χ2n) is 7.40. The smallest absolute Gasteiger partial charge is 0.303 e. The molecular weight excluding hydrogens is 306 g/mol. The van der Waals surface area contributed by atoms with E-state index in [1.807, 2.05) is 10.6 Å². The highest BCUT2D eigenvalue weighted by atomic mass is 16.4. The molecule has 5 rings (SSSR count). The van der Waals surface area contributed by atoms with Gasteiger partial charge in [-0.25, -0.2) is 4.98 Å². The fraction of sp³-hybridized carbons (Fsp3) is 0.588. The Hall–Kier alpha value is -2.31. The molecule has 4 atom stereocenters. The van der Waals surface area contributed by atoms with Crippen molar-refractivity contribution < 1.29 is 9.90 Å². The fourth-order valence-electron chi connectivity index (χ4n) is 4.45. The van der Waals surface area contributed by atoms with Gasteiger partial charge in [0.2, 0.25) is 0 Å². The molecule has 126 valence electrons. The van der Waals surface area contributed by atoms with Crippen molar-refractivity contribution in [1.29, 1.82) is 0 Å². The number of rotatable bonds is 4. The third-order valence-electron chi connectivity index (χ3n) is 6.05. The van der Waals surface area contributed by atoms with Crippen LogP contribution in [0.5, 0.6) is 0 Å². The predicted octanol–water partition coefficient (Wildman–Crippen LogP) is 1.48. The summed E-state index contributed by atoms with van der Waals surface area (Å²) in [5, 5.41) is 13.4. The summed E-state index contributed by atoms with van der Waals surface area (Å²) in [4.78, 5) is 20.4. The average molecular weight is 327 g/mol. The number of aromatic nitrogens is 3. The van der Waals surface area contributed by atoms with Gasteiger partial charge in [0, 0.05) is 44.2 Å². The minimum Gasteiger partial charge on any atom is -0.481 e. The zero-order chi connectivity index (χ0) is 16.4. The lowest BCUT2D eigenvalue weighted by atomic mass is 10.1. The molecule has 0 bridgehead atoms. The summed E-state index contributed by atoms with van der Waals surface area (Å²) in [6.07, 6.45) is 3.32. The number of carboxylic acids is 1. The van der Waals surface area contributed by atoms with Crippen LogP contribution in [-0.2, 0) is 4.79 Å². The van der Waals surface area contributed by atoms with Gasteiger partial charge in [-0.1, -0.05) is 0 Å². The Bertz CT molecular complexity index is 806. The normalized spacial score (nSPS) is 31.2. The third-order valence-corrected chi connectivity index (χ3v) is 6.05. The van der Waals surface area contributed by atoms with E-state index >= 15 is 0 Å². The molecule has 2 aromatic rings. The van der Waals surface area contributed by atoms with Gasteiger partial charge in [0.1, 0.15) is 11.6 Å². The van der Waals surface area contributed by atoms with Gasteiger partial charge in [-0.2, -0.15) is 9.61 Å². The molecule has 7 nitrogen and oxygen atoms in total. The van der Waals surface area contributed by atoms with Crippen molar-refractivity contribution in [3.8, 4) is 0 Å². The largest absolute Gasteiger partial charge is 0.481 e. The van der Waals surface area contributed by atoms with Crippen LogP contribution in [0, 0.1) is 17.8 Å². The van der Waals surface area contributed by atoms with Crippen molar-refractivity contribution in [2.24, 2.45) is 17.8 Å². The third kappa shape index (κ3) is 2.00. The van der Waals surface area contributed by atoms with Crippen LogP contribution in [0.4, 0.5) is 11.6 Å². The predicted molar refractivity (Wildman–Crippen MR) is 89.3 cm³/mol. The van der Waals surface area contributed by atoms with E-state index in [1.165, 1.54) is 6.42 Å². The lowest BCUT2D eigenvalue weighted by Gasteiger charge is -2.40. The summed E-state index contributed by atoms with van der Waals surface area (Å²) < 4.78 is 1.91. The molecular formula is C17H21N5O2. The Morgan fingerprint density at radius 3 is 2.79 bits per heavy atom. The summed E-state index contributed by atoms with van der Waals surface area (Å²) in [6, 6.07) is 4.64. The molecule has 3 aliphatic rings. The van der Waals surface area contributed by atoms with Crippen molar-refractivity contribution in [1.82, 2.24) is 14.6 Å². The van der Waals surface area contributed by atoms with Crippen LogP contribution in [0.15, 0.2) is 18.3 Å². The van der Waals surface area contributed by atoms with Crippen molar-refractivity contribution in [3.63, 3.8) is 0 Å². The second kappa shape index (κ2) is 4.84. The molecule has 2 aromatic heterocycles. The first-order valence-corrected chi connectivity index (χ1v) is 8.70. The van der Waals surface area contributed by atoms with Crippen LogP contribution in [0.1, 0.15) is 19.8 Å². The topological polar surface area (TPSA) is 74.0 Å². The molecule has 4 heterocycles. The lowest BCUT2D eigenvalue weighted by molar-refractivity contribution is -0.137. The first kappa shape index (κ1) is 14.1. The Kier molecular flexibility index (Phi) is 2.84. The van der Waals surface area contributed by atoms with E-state index in [0.29, 0.717) is 30.2 Å². The highest BCUT2D eigenvalue weighted by Gasteiger charge is 2.56. The molecule has 0 radical (unpaired) electrons. The number of fused-ring (bicyclic) bond motifs is 2. The Labute approximate surface area is 139 Å². The van der Waals surface area contributed by atoms with E-state index in [9.17, 15) is 4.79 Å². The number of carbonyl (C=O) groups is 1. The minimum absolute atomic E-state index is 0.313. The molecule has 3 fully saturated rings. The Morgan fingerprint density at radius 1 is 1.38 bits per heavy atom. The molecule has 2 aliphatic heterocycles. The first-order chi connectivity index (χ1) is 11.6. The Morgan fingerprint density at radius 2 is 2.17 bits per heavy atom. The average Bonchev–Trinajstić information content (AvgIpc) is 2.97. The van der Waals surface area contributed by atoms with E-state index in [-0.39, 0.29) is 0 Å². The molecule has 24 heavy (non-hydrogen) atoms. The first-order valence-electron chi connectivity index (χ1n) is 8.70. The summed E-state index contributed by atoms with van der Waals surface area (Å²) in [5.74, 6) is 2.84. The summed E-state index contributed by atoms with van der Waals surface area (Å²) in [5.41, 5.74) is 0.879. The van der Waals surface area contributed by atoms with Crippen LogP contribution in [0.2, 0.25) is 0 Å². The quantitative estimate of drug-likeness (QED) is 0.917. The molecule has 0 amide bonds. The number of anilines is 2. The van der Waals surface area contributed by atoms with Crippen LogP contribution in [0.3, 0.4) is 0 Å². The molecule has 1 N–H and O–H groups in total. The number of piperidine rings is 1. The van der Waals surface area contributed by atoms with Gasteiger partial charge >= 0.3 is 5.97 Å². The number of aliphatic carboxylic acids is 1. The minimum atomic E-state index is -0.673. The molecule has 1 aliphatic carbocycles. The highest BCUT2D eigenvalue weighted by molar-refractivity contribution is 5.68. The van der Waals surface area contributed by atoms with E-state index < -0.39 is 5.97 Å². The number of nitrogens with zero attached hydrogens (tertiary/aromatic N) is 5. The van der Waals surface area contributed by atoms with Crippen LogP contribution >= 0.6 is 0 Å². The number of hydrogen-bond donors (Lipinski definition) is 1. The maximum Gasteiger partial charge on any atom is 0.303 e. The van der Waals surface area contributed by atoms with Crippen LogP contribution < -0.4 is 9.80 Å². The fourth-order valence-corrected chi connectivity index (χ4v) is 4.45. The summed E-state index contributed by atoms with van der Waals surface area (Å²) in [6.45, 7) is 5.14. The van der Waals surface area contributed by atoms with Gasteiger partial charge < -0.3 is 14.9 Å². The van der Waals surface area contributed by atoms with Gasteiger partial charge in [-0.15, -0.1) is 0 Å². The van der Waals surface area contributed by atoms with Gasteiger partial charge in [0.05, 0.1) is 6.20 Å². The maximum absolute atomic E-state index is 10.9. The van der Waals surface area contributed by atoms with Gasteiger partial charge in [0.25, 0.3) is 0 Å². The summed E-state index contributed by atoms with van der Waals surface area (Å²) in [7, 11) is 0. The number of carboxylic acid groups (broad SMARTS) is 1. The van der Waals surface area contributed by atoms with Gasteiger partial charge in [0.15, 0.2) is 5.65 Å². The second-order valence-corrected chi connectivity index (χ2v) is 7.40. The van der Waals surface area contributed by atoms with Crippen LogP contribution in [-0.4, -0.2) is 51.4 Å². The van der Waals surface area contributed by atoms with Crippen molar-refractivity contribution in [2.45, 2.75) is 25.8 Å². The Balaban J connectivity index is 1.43. The molecule has 0 spiro atoms. The lowest BCUT2D eigenvalue weighted by Crippen LogP contribution is -2.46. The van der Waals surface area contributed by atoms with Gasteiger partial charge in [-0.3, -0.25) is 4.79 Å². The van der Waals surface area contributed by atoms with Crippen LogP contribution in [0.25, 0.3) is 5.65 Å². The van der Waals surface area contributed by atoms with Crippen molar-refractivity contribution >= 4 is 23.3 Å². The van der Waals surface area contributed by atoms with E-state index in [1.54, 1.807) is 6.20 Å². The maximum atomic E-state index is 10.9. The summed E-state index contributed by atoms with van der Waals surface area (Å²) >= 11 is 0. The van der Waals surface area contributed by atoms with E-state index in [0.717, 1.165) is 36.9 Å². The van der Waals surface area contributed by atoms with E-state index in [2.05, 4.69) is 27.9 Å². The van der Waals surface area contributed by atoms with Crippen molar-refractivity contribution in [3.05, 3.63) is 18.3 Å². The molecule has 0 aromatic carbocycles. The van der Waals surface area contributed by atoms with Crippen molar-refractivity contribution in [2.75, 3.05) is 29.4 Å². The standard InChI is InChI=1S/C17H21N5O2/c1-10-3-5-21(10)15-7-16(22-14(19-15)2-4-18-22)20-8-12-11(6-17(23)24)13(12)9-20/h2,4,7,10-13H,3,5-6,8-9H2,1H3,(H,23,24)/t10-,11-,12-,13+/m0/s1. The highest BCUT2D eigenvalue weighted by Crippen LogP contribution is 2.54. The molecule has 2 saturated heterocycles. The van der Waals surface area contributed by atoms with E-state index in [4.69, 9.17) is 10.1 Å². The molecule has 7 heteroatoms. The van der Waals surface area contributed by atoms with Gasteiger partial charge in [-0.05, 0) is 31.1 Å². The zero-order valence-electron chi connectivity index (χ0n) is 13.7. The SMILES string of the molecule is C[C@H]1CCN1c1cc(N2C[C@@H]3[C@@H](CC(=O)O)[C@@H]3C2)n2nccc2n1. The monoisotopic (exact) mass is 327 g/mol. The number of hydrogen-bond acceptors (Lipinski definition) is 5. The molecule has 0 unspecified atom stereocenters. The zero-order valence-corrected chi connectivity index (χ0v) is 13.7.